The number of carbonyl (C=O) groups excluding carboxylic acids is 3. The van der Waals surface area contributed by atoms with E-state index >= 15 is 8.78 Å². The fourth-order valence-electron chi connectivity index (χ4n) is 10.1. The first-order valence-electron chi connectivity index (χ1n) is 15.6. The second kappa shape index (κ2) is 10.8. The Hall–Kier alpha value is -2.95. The number of rotatable bonds is 8. The van der Waals surface area contributed by atoms with Gasteiger partial charge in [-0.3, -0.25) is 19.3 Å². The van der Waals surface area contributed by atoms with Gasteiger partial charge in [0.1, 0.15) is 31.2 Å². The standard InChI is InChI=1S/C34H41F2NO7/c1-4-43-30(42)29-25-15-22-23-16-26(35)24-14-20(39)10-11-31(24,2)34(23,36)27(40)17-32(22,3)33(25,28(41)18-38)19-37(29)12-13-44-21-8-6-5-7-9-21/h5-11,14,22-23,25-27,29,38,40H,4,12-13,15-19H2,1-3H3/t22-,23-,25-,26-,27-,29?,31-,32-,33+,34-/m0/s1. The number of esters is 1. The minimum Gasteiger partial charge on any atom is -0.492 e. The van der Waals surface area contributed by atoms with Crippen molar-refractivity contribution >= 4 is 17.5 Å². The number of ketones is 2. The van der Waals surface area contributed by atoms with Gasteiger partial charge < -0.3 is 19.7 Å². The summed E-state index contributed by atoms with van der Waals surface area (Å²) in [7, 11) is 0. The van der Waals surface area contributed by atoms with Crippen molar-refractivity contribution in [1.29, 1.82) is 0 Å². The number of allylic oxidation sites excluding steroid dienone is 4. The molecule has 1 aromatic carbocycles. The molecule has 2 N–H and O–H groups in total. The average Bonchev–Trinajstić information content (AvgIpc) is 3.45. The molecule has 0 spiro atoms. The van der Waals surface area contributed by atoms with Crippen LogP contribution in [0.5, 0.6) is 5.75 Å². The molecule has 8 nitrogen and oxygen atoms in total. The molecule has 1 aliphatic heterocycles. The highest BCUT2D eigenvalue weighted by Crippen LogP contribution is 2.75. The Labute approximate surface area is 256 Å². The minimum atomic E-state index is -2.31. The summed E-state index contributed by atoms with van der Waals surface area (Å²) in [6, 6.07) is 8.33. The second-order valence-corrected chi connectivity index (χ2v) is 13.6. The molecule has 3 saturated carbocycles. The normalized spacial score (nSPS) is 42.5. The molecule has 5 aliphatic rings. The Morgan fingerprint density at radius 2 is 1.84 bits per heavy atom. The van der Waals surface area contributed by atoms with Gasteiger partial charge in [-0.2, -0.15) is 0 Å². The molecule has 1 heterocycles. The number of hydrogen-bond acceptors (Lipinski definition) is 8. The third kappa shape index (κ3) is 4.06. The van der Waals surface area contributed by atoms with E-state index in [1.165, 1.54) is 19.1 Å². The van der Waals surface area contributed by atoms with Crippen LogP contribution in [0, 0.1) is 34.0 Å². The van der Waals surface area contributed by atoms with E-state index < -0.39 is 82.1 Å². The first-order chi connectivity index (χ1) is 20.9. The van der Waals surface area contributed by atoms with E-state index in [-0.39, 0.29) is 51.1 Å². The molecule has 6 rings (SSSR count). The molecular weight excluding hydrogens is 572 g/mol. The predicted molar refractivity (Wildman–Crippen MR) is 156 cm³/mol. The maximum atomic E-state index is 17.7. The van der Waals surface area contributed by atoms with Gasteiger partial charge >= 0.3 is 5.97 Å². The first-order valence-corrected chi connectivity index (χ1v) is 15.6. The highest BCUT2D eigenvalue weighted by molar-refractivity contribution is 6.01. The lowest BCUT2D eigenvalue weighted by atomic mass is 9.43. The number of Topliss-reactive ketones (excluding diaryl/α,β-unsaturated/α-hetero) is 1. The summed E-state index contributed by atoms with van der Waals surface area (Å²) >= 11 is 0. The van der Waals surface area contributed by atoms with Gasteiger partial charge in [-0.25, -0.2) is 8.78 Å². The molecule has 1 saturated heterocycles. The summed E-state index contributed by atoms with van der Waals surface area (Å²) in [6.45, 7) is 4.99. The molecule has 1 unspecified atom stereocenters. The zero-order valence-corrected chi connectivity index (χ0v) is 25.4. The Morgan fingerprint density at radius 1 is 1.11 bits per heavy atom. The number of likely N-dealkylation sites (tertiary alicyclic amines) is 1. The molecule has 0 bridgehead atoms. The van der Waals surface area contributed by atoms with Crippen LogP contribution >= 0.6 is 0 Å². The fourth-order valence-corrected chi connectivity index (χ4v) is 10.1. The van der Waals surface area contributed by atoms with E-state index in [1.54, 1.807) is 6.92 Å². The van der Waals surface area contributed by atoms with Crippen LogP contribution in [0.25, 0.3) is 0 Å². The summed E-state index contributed by atoms with van der Waals surface area (Å²) in [6.07, 6.45) is 0.386. The van der Waals surface area contributed by atoms with Crippen molar-refractivity contribution in [3.8, 4) is 5.75 Å². The molecular formula is C34H41F2NO7. The van der Waals surface area contributed by atoms with Crippen LogP contribution in [0.2, 0.25) is 0 Å². The fraction of sp³-hybridized carbons (Fsp3) is 0.618. The number of benzene rings is 1. The van der Waals surface area contributed by atoms with E-state index in [0.29, 0.717) is 5.75 Å². The smallest absolute Gasteiger partial charge is 0.323 e. The quantitative estimate of drug-likeness (QED) is 0.429. The lowest BCUT2D eigenvalue weighted by Gasteiger charge is -2.63. The summed E-state index contributed by atoms with van der Waals surface area (Å²) in [5.74, 6) is -3.01. The molecule has 10 heteroatoms. The molecule has 0 aromatic heterocycles. The number of ether oxygens (including phenoxy) is 2. The van der Waals surface area contributed by atoms with Crippen LogP contribution in [-0.2, 0) is 19.1 Å². The Balaban J connectivity index is 1.40. The molecule has 0 radical (unpaired) electrons. The summed E-state index contributed by atoms with van der Waals surface area (Å²) in [5.41, 5.74) is -6.23. The maximum Gasteiger partial charge on any atom is 0.323 e. The second-order valence-electron chi connectivity index (χ2n) is 13.6. The Morgan fingerprint density at radius 3 is 2.52 bits per heavy atom. The van der Waals surface area contributed by atoms with Crippen molar-refractivity contribution in [3.05, 3.63) is 54.1 Å². The van der Waals surface area contributed by atoms with E-state index in [0.717, 1.165) is 6.08 Å². The molecule has 238 valence electrons. The molecule has 1 aromatic rings. The number of nitrogens with zero attached hydrogens (tertiary/aromatic N) is 1. The number of fused-ring (bicyclic) bond motifs is 7. The van der Waals surface area contributed by atoms with Crippen LogP contribution < -0.4 is 4.74 Å². The number of alkyl halides is 2. The first kappa shape index (κ1) is 31.0. The van der Waals surface area contributed by atoms with Gasteiger partial charge in [0, 0.05) is 24.4 Å². The molecule has 44 heavy (non-hydrogen) atoms. The van der Waals surface area contributed by atoms with Crippen molar-refractivity contribution in [2.45, 2.75) is 64.0 Å². The highest BCUT2D eigenvalue weighted by Gasteiger charge is 2.79. The average molecular weight is 614 g/mol. The number of aliphatic hydroxyl groups excluding tert-OH is 2. The van der Waals surface area contributed by atoms with Gasteiger partial charge in [-0.15, -0.1) is 0 Å². The van der Waals surface area contributed by atoms with E-state index in [1.807, 2.05) is 42.2 Å². The van der Waals surface area contributed by atoms with Crippen molar-refractivity contribution in [3.63, 3.8) is 0 Å². The molecule has 4 fully saturated rings. The van der Waals surface area contributed by atoms with Crippen molar-refractivity contribution < 1.29 is 42.9 Å². The van der Waals surface area contributed by atoms with E-state index in [9.17, 15) is 24.6 Å². The SMILES string of the molecule is CCOC(=O)C1[C@@H]2C[C@H]3[C@@H]4C[C@H](F)C5=CC(=O)C=C[C@]5(C)[C@@]4(F)[C@@H](O)C[C@]3(C)[C@]2(C(=O)CO)CN1CCOc1ccccc1. The van der Waals surface area contributed by atoms with Crippen molar-refractivity contribution in [1.82, 2.24) is 4.90 Å². The lowest BCUT2D eigenvalue weighted by Crippen LogP contribution is -2.69. The monoisotopic (exact) mass is 613 g/mol. The molecule has 4 aliphatic carbocycles. The zero-order valence-electron chi connectivity index (χ0n) is 25.4. The lowest BCUT2D eigenvalue weighted by molar-refractivity contribution is -0.212. The number of para-hydroxylation sites is 1. The van der Waals surface area contributed by atoms with Gasteiger partial charge in [0.2, 0.25) is 0 Å². The van der Waals surface area contributed by atoms with Crippen LogP contribution in [0.1, 0.15) is 40.0 Å². The Kier molecular flexibility index (Phi) is 7.65. The minimum absolute atomic E-state index is 0.0275. The van der Waals surface area contributed by atoms with Crippen LogP contribution in [0.15, 0.2) is 54.1 Å². The maximum absolute atomic E-state index is 17.7. The molecule has 0 amide bonds. The number of aliphatic hydroxyl groups is 2. The van der Waals surface area contributed by atoms with Gasteiger partial charge in [-0.1, -0.05) is 31.2 Å². The molecule has 10 atom stereocenters. The van der Waals surface area contributed by atoms with E-state index in [4.69, 9.17) is 9.47 Å². The van der Waals surface area contributed by atoms with Crippen LogP contribution in [0.3, 0.4) is 0 Å². The Bertz CT molecular complexity index is 1400. The van der Waals surface area contributed by atoms with E-state index in [2.05, 4.69) is 0 Å². The van der Waals surface area contributed by atoms with Gasteiger partial charge in [0.05, 0.1) is 18.1 Å². The number of hydrogen-bond donors (Lipinski definition) is 2. The van der Waals surface area contributed by atoms with Crippen molar-refractivity contribution in [2.24, 2.45) is 34.0 Å². The third-order valence-electron chi connectivity index (χ3n) is 12.0. The van der Waals surface area contributed by atoms with Crippen molar-refractivity contribution in [2.75, 3.05) is 32.9 Å². The number of halogens is 2. The van der Waals surface area contributed by atoms with Gasteiger partial charge in [0.15, 0.2) is 17.2 Å². The third-order valence-corrected chi connectivity index (χ3v) is 12.0. The van der Waals surface area contributed by atoms with Crippen LogP contribution in [-0.4, -0.2) is 89.5 Å². The largest absolute Gasteiger partial charge is 0.492 e. The zero-order chi connectivity index (χ0) is 31.7. The summed E-state index contributed by atoms with van der Waals surface area (Å²) in [5, 5.41) is 22.1. The topological polar surface area (TPSA) is 113 Å². The van der Waals surface area contributed by atoms with Gasteiger partial charge in [-0.05, 0) is 80.2 Å². The predicted octanol–water partition coefficient (Wildman–Crippen LogP) is 3.41. The number of carbonyl (C=O) groups is 3. The summed E-state index contributed by atoms with van der Waals surface area (Å²) < 4.78 is 45.1. The summed E-state index contributed by atoms with van der Waals surface area (Å²) in [4.78, 5) is 41.7. The highest BCUT2D eigenvalue weighted by atomic mass is 19.1. The van der Waals surface area contributed by atoms with Gasteiger partial charge in [0.25, 0.3) is 0 Å². The van der Waals surface area contributed by atoms with Crippen LogP contribution in [0.4, 0.5) is 8.78 Å².